The van der Waals surface area contributed by atoms with Crippen LogP contribution in [-0.4, -0.2) is 29.5 Å². The van der Waals surface area contributed by atoms with Gasteiger partial charge in [0.05, 0.1) is 11.6 Å². The Kier molecular flexibility index (Phi) is 3.11. The molecule has 0 saturated heterocycles. The molecule has 3 N–H and O–H groups in total. The number of ether oxygens (including phenoxy) is 1. The minimum atomic E-state index is -0.233. The van der Waals surface area contributed by atoms with Crippen LogP contribution >= 0.6 is 0 Å². The fourth-order valence-electron chi connectivity index (χ4n) is 1.75. The van der Waals surface area contributed by atoms with Crippen molar-refractivity contribution < 1.29 is 9.15 Å². The summed E-state index contributed by atoms with van der Waals surface area (Å²) < 4.78 is 10.8. The molecular formula is C10H18N4O2. The van der Waals surface area contributed by atoms with Gasteiger partial charge < -0.3 is 20.2 Å². The SMILES string of the molecule is COC1(CNc2nnc(C(C)N)o2)CCC1. The van der Waals surface area contributed by atoms with Crippen LogP contribution in [0.3, 0.4) is 0 Å². The van der Waals surface area contributed by atoms with Gasteiger partial charge in [-0.25, -0.2) is 0 Å². The molecule has 1 aromatic heterocycles. The molecule has 1 fully saturated rings. The van der Waals surface area contributed by atoms with E-state index < -0.39 is 0 Å². The van der Waals surface area contributed by atoms with E-state index in [9.17, 15) is 0 Å². The van der Waals surface area contributed by atoms with E-state index >= 15 is 0 Å². The van der Waals surface area contributed by atoms with Crippen molar-refractivity contribution in [3.63, 3.8) is 0 Å². The zero-order valence-corrected chi connectivity index (χ0v) is 9.69. The lowest BCUT2D eigenvalue weighted by atomic mass is 9.80. The van der Waals surface area contributed by atoms with Crippen LogP contribution in [0.4, 0.5) is 6.01 Å². The number of hydrogen-bond donors (Lipinski definition) is 2. The molecule has 0 bridgehead atoms. The number of methoxy groups -OCH3 is 1. The molecule has 1 atom stereocenters. The number of nitrogens with zero attached hydrogens (tertiary/aromatic N) is 2. The molecule has 1 aromatic rings. The molecule has 0 aliphatic heterocycles. The molecule has 6 heteroatoms. The van der Waals surface area contributed by atoms with Crippen LogP contribution in [0.25, 0.3) is 0 Å². The van der Waals surface area contributed by atoms with Crippen LogP contribution < -0.4 is 11.1 Å². The maximum absolute atomic E-state index is 5.62. The van der Waals surface area contributed by atoms with Crippen molar-refractivity contribution in [3.8, 4) is 0 Å². The monoisotopic (exact) mass is 226 g/mol. The summed E-state index contributed by atoms with van der Waals surface area (Å²) in [5, 5.41) is 10.8. The van der Waals surface area contributed by atoms with Gasteiger partial charge in [0.25, 0.3) is 0 Å². The van der Waals surface area contributed by atoms with Crippen LogP contribution in [0.15, 0.2) is 4.42 Å². The van der Waals surface area contributed by atoms with Crippen molar-refractivity contribution in [3.05, 3.63) is 5.89 Å². The van der Waals surface area contributed by atoms with Crippen LogP contribution in [0, 0.1) is 0 Å². The summed E-state index contributed by atoms with van der Waals surface area (Å²) >= 11 is 0. The predicted octanol–water partition coefficient (Wildman–Crippen LogP) is 1.07. The summed E-state index contributed by atoms with van der Waals surface area (Å²) in [6.07, 6.45) is 3.36. The van der Waals surface area contributed by atoms with E-state index in [1.54, 1.807) is 14.0 Å². The maximum Gasteiger partial charge on any atom is 0.315 e. The van der Waals surface area contributed by atoms with Gasteiger partial charge in [-0.1, -0.05) is 5.10 Å². The molecule has 0 spiro atoms. The number of nitrogens with one attached hydrogen (secondary N) is 1. The Morgan fingerprint density at radius 2 is 2.31 bits per heavy atom. The van der Waals surface area contributed by atoms with Crippen LogP contribution in [0.1, 0.15) is 38.1 Å². The highest BCUT2D eigenvalue weighted by molar-refractivity contribution is 5.19. The molecule has 0 amide bonds. The summed E-state index contributed by atoms with van der Waals surface area (Å²) in [7, 11) is 1.74. The Labute approximate surface area is 94.6 Å². The Hall–Kier alpha value is -1.14. The van der Waals surface area contributed by atoms with Gasteiger partial charge in [-0.05, 0) is 26.2 Å². The number of rotatable bonds is 5. The first-order chi connectivity index (χ1) is 7.65. The largest absolute Gasteiger partial charge is 0.406 e. The standard InChI is InChI=1S/C10H18N4O2/c1-7(11)8-13-14-9(16-8)12-6-10(15-2)4-3-5-10/h7H,3-6,11H2,1-2H3,(H,12,14). The molecule has 1 unspecified atom stereocenters. The molecule has 0 radical (unpaired) electrons. The first-order valence-electron chi connectivity index (χ1n) is 5.53. The van der Waals surface area contributed by atoms with Gasteiger partial charge in [0.15, 0.2) is 0 Å². The van der Waals surface area contributed by atoms with Gasteiger partial charge in [-0.15, -0.1) is 5.10 Å². The van der Waals surface area contributed by atoms with Crippen molar-refractivity contribution in [1.82, 2.24) is 10.2 Å². The molecule has 6 nitrogen and oxygen atoms in total. The number of hydrogen-bond acceptors (Lipinski definition) is 6. The third kappa shape index (κ3) is 2.17. The topological polar surface area (TPSA) is 86.2 Å². The number of nitrogens with two attached hydrogens (primary N) is 1. The summed E-state index contributed by atoms with van der Waals surface area (Å²) in [4.78, 5) is 0. The van der Waals surface area contributed by atoms with Crippen molar-refractivity contribution in [1.29, 1.82) is 0 Å². The van der Waals surface area contributed by atoms with Gasteiger partial charge in [0, 0.05) is 13.7 Å². The quantitative estimate of drug-likeness (QED) is 0.781. The van der Waals surface area contributed by atoms with Crippen molar-refractivity contribution in [2.45, 2.75) is 37.8 Å². The molecule has 0 aromatic carbocycles. The lowest BCUT2D eigenvalue weighted by molar-refractivity contribution is -0.0604. The van der Waals surface area contributed by atoms with Crippen molar-refractivity contribution >= 4 is 6.01 Å². The second-order valence-electron chi connectivity index (χ2n) is 4.33. The lowest BCUT2D eigenvalue weighted by Gasteiger charge is -2.40. The summed E-state index contributed by atoms with van der Waals surface area (Å²) in [6.45, 7) is 2.50. The van der Waals surface area contributed by atoms with E-state index in [4.69, 9.17) is 14.9 Å². The van der Waals surface area contributed by atoms with Crippen molar-refractivity contribution in [2.75, 3.05) is 19.0 Å². The molecule has 16 heavy (non-hydrogen) atoms. The van der Waals surface area contributed by atoms with E-state index in [1.165, 1.54) is 6.42 Å². The van der Waals surface area contributed by atoms with E-state index in [1.807, 2.05) is 0 Å². The summed E-state index contributed by atoms with van der Waals surface area (Å²) in [5.41, 5.74) is 5.57. The molecule has 2 rings (SSSR count). The van der Waals surface area contributed by atoms with Gasteiger partial charge in [0.2, 0.25) is 5.89 Å². The fourth-order valence-corrected chi connectivity index (χ4v) is 1.75. The molecule has 90 valence electrons. The fraction of sp³-hybridized carbons (Fsp3) is 0.800. The van der Waals surface area contributed by atoms with Gasteiger partial charge in [-0.2, -0.15) is 0 Å². The second kappa shape index (κ2) is 4.39. The first kappa shape index (κ1) is 11.3. The lowest BCUT2D eigenvalue weighted by Crippen LogP contribution is -2.45. The average molecular weight is 226 g/mol. The number of anilines is 1. The predicted molar refractivity (Wildman–Crippen MR) is 59.0 cm³/mol. The third-order valence-corrected chi connectivity index (χ3v) is 3.09. The first-order valence-corrected chi connectivity index (χ1v) is 5.53. The summed E-state index contributed by atoms with van der Waals surface area (Å²) in [6, 6.07) is 0.179. The maximum atomic E-state index is 5.62. The zero-order valence-electron chi connectivity index (χ0n) is 9.69. The summed E-state index contributed by atoms with van der Waals surface area (Å²) in [5.74, 6) is 0.447. The Morgan fingerprint density at radius 3 is 2.75 bits per heavy atom. The van der Waals surface area contributed by atoms with E-state index in [2.05, 4.69) is 15.5 Å². The van der Waals surface area contributed by atoms with Crippen LogP contribution in [0.2, 0.25) is 0 Å². The molecular weight excluding hydrogens is 208 g/mol. The van der Waals surface area contributed by atoms with Crippen LogP contribution in [0.5, 0.6) is 0 Å². The minimum Gasteiger partial charge on any atom is -0.406 e. The number of aromatic nitrogens is 2. The Bertz CT molecular complexity index is 341. The van der Waals surface area contributed by atoms with Crippen molar-refractivity contribution in [2.24, 2.45) is 5.73 Å². The van der Waals surface area contributed by atoms with E-state index in [-0.39, 0.29) is 11.6 Å². The molecule has 1 aliphatic rings. The highest BCUT2D eigenvalue weighted by atomic mass is 16.5. The second-order valence-corrected chi connectivity index (χ2v) is 4.33. The molecule has 1 heterocycles. The van der Waals surface area contributed by atoms with Gasteiger partial charge >= 0.3 is 6.01 Å². The highest BCUT2D eigenvalue weighted by Crippen LogP contribution is 2.34. The van der Waals surface area contributed by atoms with Gasteiger partial charge in [0.1, 0.15) is 0 Å². The van der Waals surface area contributed by atoms with E-state index in [0.717, 1.165) is 12.8 Å². The zero-order chi connectivity index (χ0) is 11.6. The van der Waals surface area contributed by atoms with E-state index in [0.29, 0.717) is 18.5 Å². The Morgan fingerprint density at radius 1 is 1.56 bits per heavy atom. The molecule has 1 saturated carbocycles. The normalized spacial score (nSPS) is 20.2. The average Bonchev–Trinajstić information content (AvgIpc) is 2.65. The third-order valence-electron chi connectivity index (χ3n) is 3.09. The molecule has 1 aliphatic carbocycles. The van der Waals surface area contributed by atoms with Crippen LogP contribution in [-0.2, 0) is 4.74 Å². The highest BCUT2D eigenvalue weighted by Gasteiger charge is 2.37. The smallest absolute Gasteiger partial charge is 0.315 e. The van der Waals surface area contributed by atoms with Gasteiger partial charge in [-0.3, -0.25) is 0 Å². The minimum absolute atomic E-state index is 0.0526. The Balaban J connectivity index is 1.89.